The topological polar surface area (TPSA) is 70.6 Å². The van der Waals surface area contributed by atoms with Crippen molar-refractivity contribution in [1.82, 2.24) is 10.6 Å². The summed E-state index contributed by atoms with van der Waals surface area (Å²) in [5.41, 5.74) is 0. The number of ether oxygens (including phenoxy) is 1. The maximum Gasteiger partial charge on any atom is 0.315 e. The van der Waals surface area contributed by atoms with Crippen molar-refractivity contribution in [2.75, 3.05) is 13.7 Å². The SMILES string of the molecule is COC1CCCCC1NC(=O)NC1C2CCC(C2)C1CO. The second-order valence-corrected chi connectivity index (χ2v) is 6.99. The summed E-state index contributed by atoms with van der Waals surface area (Å²) < 4.78 is 5.48. The molecular formula is C16H28N2O3. The van der Waals surface area contributed by atoms with Crippen LogP contribution in [0.3, 0.4) is 0 Å². The van der Waals surface area contributed by atoms with Crippen molar-refractivity contribution in [2.45, 2.75) is 63.1 Å². The zero-order valence-electron chi connectivity index (χ0n) is 12.9. The summed E-state index contributed by atoms with van der Waals surface area (Å²) in [6, 6.07) is 0.188. The number of amides is 2. The van der Waals surface area contributed by atoms with Gasteiger partial charge in [0, 0.05) is 25.7 Å². The minimum atomic E-state index is -0.0834. The van der Waals surface area contributed by atoms with Gasteiger partial charge in [0.1, 0.15) is 0 Å². The first-order valence-electron chi connectivity index (χ1n) is 8.43. The van der Waals surface area contributed by atoms with Crippen molar-refractivity contribution in [3.05, 3.63) is 0 Å². The molecule has 3 aliphatic rings. The third kappa shape index (κ3) is 3.04. The van der Waals surface area contributed by atoms with Crippen molar-refractivity contribution >= 4 is 6.03 Å². The van der Waals surface area contributed by atoms with E-state index in [1.165, 1.54) is 25.7 Å². The van der Waals surface area contributed by atoms with Gasteiger partial charge in [-0.1, -0.05) is 12.8 Å². The van der Waals surface area contributed by atoms with Gasteiger partial charge in [0.05, 0.1) is 12.1 Å². The van der Waals surface area contributed by atoms with E-state index in [4.69, 9.17) is 4.74 Å². The van der Waals surface area contributed by atoms with E-state index in [9.17, 15) is 9.90 Å². The predicted octanol–water partition coefficient (Wildman–Crippen LogP) is 1.65. The molecule has 5 heteroatoms. The van der Waals surface area contributed by atoms with E-state index in [-0.39, 0.29) is 36.7 Å². The van der Waals surface area contributed by atoms with Gasteiger partial charge in [0.2, 0.25) is 0 Å². The van der Waals surface area contributed by atoms with Crippen LogP contribution in [-0.2, 0) is 4.74 Å². The van der Waals surface area contributed by atoms with Gasteiger partial charge in [-0.2, -0.15) is 0 Å². The van der Waals surface area contributed by atoms with Crippen LogP contribution in [0, 0.1) is 17.8 Å². The molecule has 3 N–H and O–H groups in total. The summed E-state index contributed by atoms with van der Waals surface area (Å²) in [5.74, 6) is 1.41. The number of methoxy groups -OCH3 is 1. The van der Waals surface area contributed by atoms with Gasteiger partial charge in [-0.15, -0.1) is 0 Å². The number of fused-ring (bicyclic) bond motifs is 2. The molecule has 0 aromatic rings. The minimum Gasteiger partial charge on any atom is -0.396 e. The smallest absolute Gasteiger partial charge is 0.315 e. The molecule has 21 heavy (non-hydrogen) atoms. The number of carbonyl (C=O) groups excluding carboxylic acids is 1. The Morgan fingerprint density at radius 1 is 1.14 bits per heavy atom. The summed E-state index contributed by atoms with van der Waals surface area (Å²) in [6.45, 7) is 0.191. The van der Waals surface area contributed by atoms with E-state index in [0.717, 1.165) is 19.3 Å². The second kappa shape index (κ2) is 6.53. The molecule has 0 aliphatic heterocycles. The number of hydrogen-bond donors (Lipinski definition) is 3. The molecule has 0 spiro atoms. The Bertz CT molecular complexity index is 377. The summed E-state index contributed by atoms with van der Waals surface area (Å²) in [5, 5.41) is 15.8. The summed E-state index contributed by atoms with van der Waals surface area (Å²) in [6.07, 6.45) is 8.05. The maximum atomic E-state index is 12.3. The molecule has 3 rings (SSSR count). The third-order valence-corrected chi connectivity index (χ3v) is 5.92. The molecule has 2 bridgehead atoms. The lowest BCUT2D eigenvalue weighted by molar-refractivity contribution is 0.0446. The highest BCUT2D eigenvalue weighted by molar-refractivity contribution is 5.74. The second-order valence-electron chi connectivity index (χ2n) is 6.99. The van der Waals surface area contributed by atoms with E-state index < -0.39 is 0 Å². The predicted molar refractivity (Wildman–Crippen MR) is 79.9 cm³/mol. The average Bonchev–Trinajstić information content (AvgIpc) is 3.08. The van der Waals surface area contributed by atoms with E-state index in [1.807, 2.05) is 0 Å². The van der Waals surface area contributed by atoms with E-state index in [0.29, 0.717) is 11.8 Å². The molecule has 3 aliphatic carbocycles. The highest BCUT2D eigenvalue weighted by atomic mass is 16.5. The van der Waals surface area contributed by atoms with Crippen LogP contribution in [0.15, 0.2) is 0 Å². The molecule has 0 saturated heterocycles. The summed E-state index contributed by atoms with van der Waals surface area (Å²) >= 11 is 0. The molecule has 2 amide bonds. The van der Waals surface area contributed by atoms with Crippen LogP contribution in [0.1, 0.15) is 44.9 Å². The van der Waals surface area contributed by atoms with Gasteiger partial charge in [-0.05, 0) is 43.9 Å². The molecule has 0 heterocycles. The standard InChI is InChI=1S/C16H28N2O3/c1-21-14-5-3-2-4-13(14)17-16(20)18-15-11-7-6-10(8-11)12(15)9-19/h10-15,19H,2-9H2,1H3,(H2,17,18,20). The molecule has 0 aromatic heterocycles. The number of urea groups is 1. The quantitative estimate of drug-likeness (QED) is 0.739. The van der Waals surface area contributed by atoms with E-state index >= 15 is 0 Å². The number of carbonyl (C=O) groups is 1. The van der Waals surface area contributed by atoms with Crippen molar-refractivity contribution in [2.24, 2.45) is 17.8 Å². The van der Waals surface area contributed by atoms with Gasteiger partial charge in [-0.3, -0.25) is 0 Å². The first kappa shape index (κ1) is 15.1. The Morgan fingerprint density at radius 2 is 1.90 bits per heavy atom. The van der Waals surface area contributed by atoms with E-state index in [2.05, 4.69) is 10.6 Å². The van der Waals surface area contributed by atoms with Crippen molar-refractivity contribution < 1.29 is 14.6 Å². The largest absolute Gasteiger partial charge is 0.396 e. The van der Waals surface area contributed by atoms with Crippen molar-refractivity contribution in [1.29, 1.82) is 0 Å². The molecule has 6 unspecified atom stereocenters. The number of rotatable bonds is 4. The average molecular weight is 296 g/mol. The Hall–Kier alpha value is -0.810. The van der Waals surface area contributed by atoms with Gasteiger partial charge in [0.25, 0.3) is 0 Å². The Balaban J connectivity index is 1.54. The molecule has 3 saturated carbocycles. The maximum absolute atomic E-state index is 12.3. The van der Waals surface area contributed by atoms with Crippen LogP contribution in [-0.4, -0.2) is 43.0 Å². The minimum absolute atomic E-state index is 0.0834. The fourth-order valence-electron chi connectivity index (χ4n) is 4.80. The van der Waals surface area contributed by atoms with Gasteiger partial charge < -0.3 is 20.5 Å². The highest BCUT2D eigenvalue weighted by Gasteiger charge is 2.47. The monoisotopic (exact) mass is 296 g/mol. The van der Waals surface area contributed by atoms with Crippen molar-refractivity contribution in [3.63, 3.8) is 0 Å². The lowest BCUT2D eigenvalue weighted by atomic mass is 9.85. The fourth-order valence-corrected chi connectivity index (χ4v) is 4.80. The Labute approximate surface area is 126 Å². The van der Waals surface area contributed by atoms with Crippen LogP contribution in [0.25, 0.3) is 0 Å². The van der Waals surface area contributed by atoms with Crippen LogP contribution in [0.4, 0.5) is 4.79 Å². The van der Waals surface area contributed by atoms with Crippen LogP contribution in [0.2, 0.25) is 0 Å². The molecule has 6 atom stereocenters. The number of nitrogens with one attached hydrogen (secondary N) is 2. The molecular weight excluding hydrogens is 268 g/mol. The number of hydrogen-bond acceptors (Lipinski definition) is 3. The molecule has 0 aromatic carbocycles. The summed E-state index contributed by atoms with van der Waals surface area (Å²) in [4.78, 5) is 12.3. The van der Waals surface area contributed by atoms with Crippen LogP contribution in [0.5, 0.6) is 0 Å². The summed E-state index contributed by atoms with van der Waals surface area (Å²) in [7, 11) is 1.72. The fraction of sp³-hybridized carbons (Fsp3) is 0.938. The number of aliphatic hydroxyl groups excluding tert-OH is 1. The lowest BCUT2D eigenvalue weighted by Gasteiger charge is -2.34. The molecule has 0 radical (unpaired) electrons. The molecule has 3 fully saturated rings. The molecule has 120 valence electrons. The van der Waals surface area contributed by atoms with Gasteiger partial charge in [0.15, 0.2) is 0 Å². The van der Waals surface area contributed by atoms with Gasteiger partial charge >= 0.3 is 6.03 Å². The zero-order chi connectivity index (χ0) is 14.8. The number of aliphatic hydroxyl groups is 1. The van der Waals surface area contributed by atoms with Crippen LogP contribution < -0.4 is 10.6 Å². The normalized spacial score (nSPS) is 42.0. The Kier molecular flexibility index (Phi) is 4.69. The zero-order valence-corrected chi connectivity index (χ0v) is 12.9. The molecule has 5 nitrogen and oxygen atoms in total. The highest BCUT2D eigenvalue weighted by Crippen LogP contribution is 2.48. The van der Waals surface area contributed by atoms with Crippen molar-refractivity contribution in [3.8, 4) is 0 Å². The first-order chi connectivity index (χ1) is 10.2. The first-order valence-corrected chi connectivity index (χ1v) is 8.43. The van der Waals surface area contributed by atoms with E-state index in [1.54, 1.807) is 7.11 Å². The Morgan fingerprint density at radius 3 is 2.67 bits per heavy atom. The van der Waals surface area contributed by atoms with Crippen LogP contribution >= 0.6 is 0 Å². The lowest BCUT2D eigenvalue weighted by Crippen LogP contribution is -2.54. The third-order valence-electron chi connectivity index (χ3n) is 5.92. The van der Waals surface area contributed by atoms with Gasteiger partial charge in [-0.25, -0.2) is 4.79 Å².